The first-order valence-electron chi connectivity index (χ1n) is 9.92. The highest BCUT2D eigenvalue weighted by Gasteiger charge is 2.26. The topological polar surface area (TPSA) is 69.3 Å². The highest BCUT2D eigenvalue weighted by molar-refractivity contribution is 7.23. The van der Waals surface area contributed by atoms with Crippen LogP contribution in [0.4, 0.5) is 0 Å². The summed E-state index contributed by atoms with van der Waals surface area (Å²) in [6, 6.07) is 11.7. The molecule has 4 heterocycles. The fourth-order valence-electron chi connectivity index (χ4n) is 3.79. The third-order valence-corrected chi connectivity index (χ3v) is 7.69. The molecule has 0 radical (unpaired) electrons. The Balaban J connectivity index is 1.19. The average Bonchev–Trinajstić information content (AvgIpc) is 3.53. The molecule has 0 atom stereocenters. The van der Waals surface area contributed by atoms with Gasteiger partial charge in [-0.05, 0) is 23.8 Å². The van der Waals surface area contributed by atoms with Crippen LogP contribution in [0.2, 0.25) is 4.34 Å². The number of aromatic amines is 1. The number of rotatable bonds is 4. The Morgan fingerprint density at radius 3 is 2.61 bits per heavy atom. The molecule has 9 heteroatoms. The van der Waals surface area contributed by atoms with Gasteiger partial charge in [-0.3, -0.25) is 9.59 Å². The van der Waals surface area contributed by atoms with Crippen molar-refractivity contribution >= 4 is 57.0 Å². The maximum atomic E-state index is 12.9. The molecule has 1 N–H and O–H groups in total. The summed E-state index contributed by atoms with van der Waals surface area (Å²) in [7, 11) is 0. The molecule has 1 aliphatic heterocycles. The van der Waals surface area contributed by atoms with Crippen LogP contribution in [-0.4, -0.2) is 57.8 Å². The van der Waals surface area contributed by atoms with E-state index >= 15 is 0 Å². The van der Waals surface area contributed by atoms with Crippen LogP contribution in [-0.2, 0) is 11.2 Å². The number of thiazole rings is 1. The van der Waals surface area contributed by atoms with Gasteiger partial charge in [0.2, 0.25) is 5.91 Å². The molecule has 0 bridgehead atoms. The van der Waals surface area contributed by atoms with E-state index in [9.17, 15) is 9.59 Å². The van der Waals surface area contributed by atoms with Crippen molar-refractivity contribution in [2.75, 3.05) is 26.2 Å². The predicted molar refractivity (Wildman–Crippen MR) is 125 cm³/mol. The summed E-state index contributed by atoms with van der Waals surface area (Å²) in [4.78, 5) is 38.0. The molecule has 5 rings (SSSR count). The van der Waals surface area contributed by atoms with Gasteiger partial charge < -0.3 is 14.8 Å². The Morgan fingerprint density at radius 1 is 1.06 bits per heavy atom. The Labute approximate surface area is 192 Å². The van der Waals surface area contributed by atoms with Crippen LogP contribution in [0.15, 0.2) is 48.0 Å². The standard InChI is InChI=1S/C22H19ClN4O2S2/c23-19-6-5-18(31-19)21-25-17(13-30-21)22(29)27-9-7-26(8-10-27)20(28)11-14-12-24-16-4-2-1-3-15(14)16/h1-6,12-13,24H,7-11H2. The Kier molecular flexibility index (Phi) is 5.52. The summed E-state index contributed by atoms with van der Waals surface area (Å²) in [5.41, 5.74) is 2.49. The number of hydrogen-bond acceptors (Lipinski definition) is 5. The van der Waals surface area contributed by atoms with E-state index in [0.29, 0.717) is 42.6 Å². The minimum atomic E-state index is -0.0890. The molecule has 4 aromatic rings. The van der Waals surface area contributed by atoms with Crippen LogP contribution in [0.3, 0.4) is 0 Å². The van der Waals surface area contributed by atoms with Gasteiger partial charge in [-0.2, -0.15) is 0 Å². The number of thiophene rings is 1. The molecule has 1 aromatic carbocycles. The van der Waals surface area contributed by atoms with Gasteiger partial charge in [0.25, 0.3) is 5.91 Å². The van der Waals surface area contributed by atoms with Crippen molar-refractivity contribution in [3.05, 3.63) is 63.6 Å². The number of hydrogen-bond donors (Lipinski definition) is 1. The first kappa shape index (κ1) is 20.2. The zero-order chi connectivity index (χ0) is 21.4. The molecule has 0 saturated carbocycles. The van der Waals surface area contributed by atoms with E-state index in [1.807, 2.05) is 47.5 Å². The number of aromatic nitrogens is 2. The Bertz CT molecular complexity index is 1250. The van der Waals surface area contributed by atoms with E-state index in [1.165, 1.54) is 22.7 Å². The van der Waals surface area contributed by atoms with Gasteiger partial charge in [0.15, 0.2) is 0 Å². The van der Waals surface area contributed by atoms with Gasteiger partial charge in [0.05, 0.1) is 15.6 Å². The number of fused-ring (bicyclic) bond motifs is 1. The number of carbonyl (C=O) groups excluding carboxylic acids is 2. The van der Waals surface area contributed by atoms with E-state index in [-0.39, 0.29) is 11.8 Å². The van der Waals surface area contributed by atoms with Crippen molar-refractivity contribution in [3.8, 4) is 9.88 Å². The maximum Gasteiger partial charge on any atom is 0.273 e. The Morgan fingerprint density at radius 2 is 1.84 bits per heavy atom. The highest BCUT2D eigenvalue weighted by Crippen LogP contribution is 2.33. The van der Waals surface area contributed by atoms with Crippen molar-refractivity contribution < 1.29 is 9.59 Å². The smallest absolute Gasteiger partial charge is 0.273 e. The average molecular weight is 471 g/mol. The van der Waals surface area contributed by atoms with Crippen LogP contribution >= 0.6 is 34.3 Å². The first-order valence-corrected chi connectivity index (χ1v) is 12.0. The molecule has 0 aliphatic carbocycles. The van der Waals surface area contributed by atoms with Gasteiger partial charge in [0.1, 0.15) is 10.7 Å². The summed E-state index contributed by atoms with van der Waals surface area (Å²) in [6.07, 6.45) is 2.26. The molecular formula is C22H19ClN4O2S2. The molecule has 3 aromatic heterocycles. The highest BCUT2D eigenvalue weighted by atomic mass is 35.5. The number of piperazine rings is 1. The van der Waals surface area contributed by atoms with Gasteiger partial charge in [-0.15, -0.1) is 22.7 Å². The lowest BCUT2D eigenvalue weighted by Crippen LogP contribution is -2.51. The van der Waals surface area contributed by atoms with Crippen molar-refractivity contribution in [2.45, 2.75) is 6.42 Å². The van der Waals surface area contributed by atoms with Gasteiger partial charge >= 0.3 is 0 Å². The fourth-order valence-corrected chi connectivity index (χ4v) is 5.70. The van der Waals surface area contributed by atoms with Gasteiger partial charge in [-0.1, -0.05) is 29.8 Å². The normalized spacial score (nSPS) is 14.4. The summed E-state index contributed by atoms with van der Waals surface area (Å²) < 4.78 is 0.700. The molecule has 0 unspecified atom stereocenters. The van der Waals surface area contributed by atoms with E-state index in [1.54, 1.807) is 10.3 Å². The second-order valence-electron chi connectivity index (χ2n) is 7.35. The van der Waals surface area contributed by atoms with E-state index < -0.39 is 0 Å². The molecule has 31 heavy (non-hydrogen) atoms. The number of halogens is 1. The summed E-state index contributed by atoms with van der Waals surface area (Å²) >= 11 is 8.89. The van der Waals surface area contributed by atoms with E-state index in [0.717, 1.165) is 26.4 Å². The van der Waals surface area contributed by atoms with Crippen molar-refractivity contribution in [1.82, 2.24) is 19.8 Å². The molecule has 0 spiro atoms. The van der Waals surface area contributed by atoms with Crippen LogP contribution in [0, 0.1) is 0 Å². The molecule has 1 saturated heterocycles. The number of carbonyl (C=O) groups is 2. The van der Waals surface area contributed by atoms with Crippen molar-refractivity contribution in [3.63, 3.8) is 0 Å². The van der Waals surface area contributed by atoms with Crippen LogP contribution in [0.25, 0.3) is 20.8 Å². The van der Waals surface area contributed by atoms with Crippen LogP contribution in [0.1, 0.15) is 16.1 Å². The molecule has 2 amide bonds. The maximum absolute atomic E-state index is 12.9. The van der Waals surface area contributed by atoms with Crippen LogP contribution < -0.4 is 0 Å². The van der Waals surface area contributed by atoms with E-state index in [2.05, 4.69) is 9.97 Å². The summed E-state index contributed by atoms with van der Waals surface area (Å²) in [6.45, 7) is 2.08. The summed E-state index contributed by atoms with van der Waals surface area (Å²) in [5.74, 6) is -0.00347. The summed E-state index contributed by atoms with van der Waals surface area (Å²) in [5, 5.41) is 3.67. The van der Waals surface area contributed by atoms with Crippen molar-refractivity contribution in [1.29, 1.82) is 0 Å². The third kappa shape index (κ3) is 4.11. The SMILES string of the molecule is O=C(Cc1c[nH]c2ccccc12)N1CCN(C(=O)c2csc(-c3ccc(Cl)s3)n2)CC1. The molecule has 6 nitrogen and oxygen atoms in total. The molecular weight excluding hydrogens is 452 g/mol. The second-order valence-corrected chi connectivity index (χ2v) is 9.92. The number of para-hydroxylation sites is 1. The Hall–Kier alpha value is -2.68. The van der Waals surface area contributed by atoms with Crippen LogP contribution in [0.5, 0.6) is 0 Å². The number of benzene rings is 1. The lowest BCUT2D eigenvalue weighted by atomic mass is 10.1. The molecule has 1 aliphatic rings. The molecule has 158 valence electrons. The van der Waals surface area contributed by atoms with Gasteiger partial charge in [-0.25, -0.2) is 4.98 Å². The lowest BCUT2D eigenvalue weighted by Gasteiger charge is -2.34. The third-order valence-electron chi connectivity index (χ3n) is 5.44. The van der Waals surface area contributed by atoms with Gasteiger partial charge in [0, 0.05) is 48.7 Å². The minimum Gasteiger partial charge on any atom is -0.361 e. The number of H-pyrrole nitrogens is 1. The zero-order valence-electron chi connectivity index (χ0n) is 16.5. The monoisotopic (exact) mass is 470 g/mol. The second kappa shape index (κ2) is 8.45. The predicted octanol–water partition coefficient (Wildman–Crippen LogP) is 4.53. The first-order chi connectivity index (χ1) is 15.1. The lowest BCUT2D eigenvalue weighted by molar-refractivity contribution is -0.131. The largest absolute Gasteiger partial charge is 0.361 e. The quantitative estimate of drug-likeness (QED) is 0.476. The zero-order valence-corrected chi connectivity index (χ0v) is 18.9. The number of nitrogens with zero attached hydrogens (tertiary/aromatic N) is 3. The number of amides is 2. The molecule has 1 fully saturated rings. The number of nitrogens with one attached hydrogen (secondary N) is 1. The minimum absolute atomic E-state index is 0.0855. The van der Waals surface area contributed by atoms with Crippen molar-refractivity contribution in [2.24, 2.45) is 0 Å². The van der Waals surface area contributed by atoms with E-state index in [4.69, 9.17) is 11.6 Å². The fraction of sp³-hybridized carbons (Fsp3) is 0.227.